The lowest BCUT2D eigenvalue weighted by Gasteiger charge is -2.40. The van der Waals surface area contributed by atoms with Gasteiger partial charge in [-0.1, -0.05) is 24.3 Å². The van der Waals surface area contributed by atoms with Gasteiger partial charge in [0.2, 0.25) is 5.91 Å². The minimum Gasteiger partial charge on any atom is -0.508 e. The maximum Gasteiger partial charge on any atom is 0.241 e. The summed E-state index contributed by atoms with van der Waals surface area (Å²) in [6, 6.07) is 15.4. The average Bonchev–Trinajstić information content (AvgIpc) is 2.54. The molecule has 1 atom stereocenters. The van der Waals surface area contributed by atoms with Crippen molar-refractivity contribution in [3.8, 4) is 5.75 Å². The first-order valence-corrected chi connectivity index (χ1v) is 9.26. The van der Waals surface area contributed by atoms with Crippen LogP contribution in [0, 0.1) is 0 Å². The second-order valence-corrected chi connectivity index (χ2v) is 6.97. The van der Waals surface area contributed by atoms with E-state index in [1.807, 2.05) is 41.5 Å². The molecule has 0 bridgehead atoms. The van der Waals surface area contributed by atoms with Crippen molar-refractivity contribution in [3.05, 3.63) is 54.1 Å². The highest BCUT2D eigenvalue weighted by molar-refractivity contribution is 7.98. The molecule has 1 heterocycles. The molecule has 1 aliphatic heterocycles. The predicted octanol–water partition coefficient (Wildman–Crippen LogP) is 3.35. The Morgan fingerprint density at radius 2 is 2.00 bits per heavy atom. The van der Waals surface area contributed by atoms with E-state index in [-0.39, 0.29) is 17.7 Å². The number of hydrogen-bond acceptors (Lipinski definition) is 4. The van der Waals surface area contributed by atoms with Crippen LogP contribution in [0.3, 0.4) is 0 Å². The zero-order chi connectivity index (χ0) is 17.1. The number of thioether (sulfide) groups is 1. The summed E-state index contributed by atoms with van der Waals surface area (Å²) in [6.07, 6.45) is 2.03. The van der Waals surface area contributed by atoms with Crippen LogP contribution in [0.2, 0.25) is 0 Å². The van der Waals surface area contributed by atoms with Gasteiger partial charge in [0, 0.05) is 24.0 Å². The molecule has 0 unspecified atom stereocenters. The Morgan fingerprint density at radius 1 is 1.21 bits per heavy atom. The van der Waals surface area contributed by atoms with Gasteiger partial charge in [-0.25, -0.2) is 0 Å². The summed E-state index contributed by atoms with van der Waals surface area (Å²) in [6.45, 7) is 3.96. The van der Waals surface area contributed by atoms with Gasteiger partial charge in [0.1, 0.15) is 5.75 Å². The van der Waals surface area contributed by atoms with Crippen LogP contribution in [0.15, 0.2) is 53.4 Å². The first kappa shape index (κ1) is 16.9. The highest BCUT2D eigenvalue weighted by Gasteiger charge is 2.31. The number of nitrogens with zero attached hydrogens (tertiary/aromatic N) is 2. The molecular formula is C19H22N2O2S. The third kappa shape index (κ3) is 3.57. The maximum atomic E-state index is 12.8. The monoisotopic (exact) mass is 342 g/mol. The van der Waals surface area contributed by atoms with E-state index in [0.717, 1.165) is 22.7 Å². The zero-order valence-corrected chi connectivity index (χ0v) is 14.8. The summed E-state index contributed by atoms with van der Waals surface area (Å²) in [7, 11) is 0. The van der Waals surface area contributed by atoms with Crippen LogP contribution in [-0.2, 0) is 11.3 Å². The van der Waals surface area contributed by atoms with Crippen LogP contribution in [0.25, 0.3) is 0 Å². The zero-order valence-electron chi connectivity index (χ0n) is 14.0. The van der Waals surface area contributed by atoms with Crippen molar-refractivity contribution in [2.24, 2.45) is 0 Å². The lowest BCUT2D eigenvalue weighted by molar-refractivity contribution is -0.122. The summed E-state index contributed by atoms with van der Waals surface area (Å²) >= 11 is 1.66. The van der Waals surface area contributed by atoms with Gasteiger partial charge < -0.3 is 10.0 Å². The van der Waals surface area contributed by atoms with E-state index in [1.54, 1.807) is 23.9 Å². The Balaban J connectivity index is 1.76. The molecule has 1 amide bonds. The van der Waals surface area contributed by atoms with Crippen molar-refractivity contribution < 1.29 is 9.90 Å². The Labute approximate surface area is 147 Å². The van der Waals surface area contributed by atoms with Gasteiger partial charge in [0.05, 0.1) is 12.2 Å². The summed E-state index contributed by atoms with van der Waals surface area (Å²) in [5.41, 5.74) is 2.02. The van der Waals surface area contributed by atoms with E-state index in [4.69, 9.17) is 0 Å². The third-order valence-corrected chi connectivity index (χ3v) is 5.04. The second-order valence-electron chi connectivity index (χ2n) is 6.12. The van der Waals surface area contributed by atoms with E-state index < -0.39 is 0 Å². The maximum absolute atomic E-state index is 12.8. The summed E-state index contributed by atoms with van der Waals surface area (Å²) in [4.78, 5) is 18.0. The van der Waals surface area contributed by atoms with E-state index in [1.165, 1.54) is 0 Å². The van der Waals surface area contributed by atoms with E-state index >= 15 is 0 Å². The molecule has 2 aromatic rings. The van der Waals surface area contributed by atoms with E-state index in [0.29, 0.717) is 13.1 Å². The molecule has 1 fully saturated rings. The molecule has 5 heteroatoms. The lowest BCUT2D eigenvalue weighted by Crippen LogP contribution is -2.55. The minimum atomic E-state index is 0.108. The molecule has 3 rings (SSSR count). The number of aromatic hydroxyl groups is 1. The fourth-order valence-electron chi connectivity index (χ4n) is 3.27. The van der Waals surface area contributed by atoms with Gasteiger partial charge in [0.15, 0.2) is 0 Å². The number of para-hydroxylation sites is 1. The average molecular weight is 342 g/mol. The number of rotatable bonds is 4. The molecule has 126 valence electrons. The topological polar surface area (TPSA) is 43.8 Å². The fourth-order valence-corrected chi connectivity index (χ4v) is 3.86. The van der Waals surface area contributed by atoms with Gasteiger partial charge in [-0.15, -0.1) is 11.8 Å². The Hall–Kier alpha value is -1.98. The first-order chi connectivity index (χ1) is 11.6. The number of hydrogen-bond donors (Lipinski definition) is 1. The summed E-state index contributed by atoms with van der Waals surface area (Å²) in [5, 5.41) is 9.60. The molecular weight excluding hydrogens is 320 g/mol. The van der Waals surface area contributed by atoms with Crippen LogP contribution >= 0.6 is 11.8 Å². The quantitative estimate of drug-likeness (QED) is 0.866. The molecule has 24 heavy (non-hydrogen) atoms. The van der Waals surface area contributed by atoms with Crippen LogP contribution in [-0.4, -0.2) is 41.3 Å². The molecule has 4 nitrogen and oxygen atoms in total. The standard InChI is InChI=1S/C19H22N2O2S/c1-14-11-20(12-15-6-5-7-16(22)10-15)13-19(23)21(14)17-8-3-4-9-18(17)24-2/h3-10,14,22H,11-13H2,1-2H3/t14-/m1/s1. The first-order valence-electron chi connectivity index (χ1n) is 8.04. The molecule has 1 saturated heterocycles. The van der Waals surface area contributed by atoms with Crippen LogP contribution in [0.1, 0.15) is 12.5 Å². The van der Waals surface area contributed by atoms with Gasteiger partial charge in [-0.2, -0.15) is 0 Å². The molecule has 0 aromatic heterocycles. The number of phenolic OH excluding ortho intramolecular Hbond substituents is 1. The van der Waals surface area contributed by atoms with Crippen LogP contribution < -0.4 is 4.90 Å². The van der Waals surface area contributed by atoms with Crippen molar-refractivity contribution in [1.29, 1.82) is 0 Å². The molecule has 2 aromatic carbocycles. The van der Waals surface area contributed by atoms with Gasteiger partial charge in [-0.05, 0) is 43.0 Å². The van der Waals surface area contributed by atoms with Crippen molar-refractivity contribution in [1.82, 2.24) is 4.90 Å². The van der Waals surface area contributed by atoms with Gasteiger partial charge in [-0.3, -0.25) is 9.69 Å². The van der Waals surface area contributed by atoms with Crippen LogP contribution in [0.5, 0.6) is 5.75 Å². The Kier molecular flexibility index (Phi) is 5.11. The SMILES string of the molecule is CSc1ccccc1N1C(=O)CN(Cc2cccc(O)c2)C[C@H]1C. The largest absolute Gasteiger partial charge is 0.508 e. The van der Waals surface area contributed by atoms with Crippen LogP contribution in [0.4, 0.5) is 5.69 Å². The lowest BCUT2D eigenvalue weighted by atomic mass is 10.1. The number of carbonyl (C=O) groups excluding carboxylic acids is 1. The number of piperazine rings is 1. The minimum absolute atomic E-state index is 0.108. The highest BCUT2D eigenvalue weighted by atomic mass is 32.2. The van der Waals surface area contributed by atoms with Crippen molar-refractivity contribution >= 4 is 23.4 Å². The summed E-state index contributed by atoms with van der Waals surface area (Å²) in [5.74, 6) is 0.384. The highest BCUT2D eigenvalue weighted by Crippen LogP contribution is 2.31. The number of amides is 1. The smallest absolute Gasteiger partial charge is 0.241 e. The van der Waals surface area contributed by atoms with Crippen molar-refractivity contribution in [3.63, 3.8) is 0 Å². The number of carbonyl (C=O) groups is 1. The molecule has 0 spiro atoms. The molecule has 0 radical (unpaired) electrons. The van der Waals surface area contributed by atoms with Crippen molar-refractivity contribution in [2.45, 2.75) is 24.4 Å². The van der Waals surface area contributed by atoms with Crippen molar-refractivity contribution in [2.75, 3.05) is 24.2 Å². The Morgan fingerprint density at radius 3 is 2.71 bits per heavy atom. The number of anilines is 1. The predicted molar refractivity (Wildman–Crippen MR) is 98.6 cm³/mol. The Bertz CT molecular complexity index is 735. The fraction of sp³-hybridized carbons (Fsp3) is 0.316. The number of benzene rings is 2. The third-order valence-electron chi connectivity index (χ3n) is 4.25. The molecule has 0 saturated carbocycles. The van der Waals surface area contributed by atoms with Gasteiger partial charge >= 0.3 is 0 Å². The van der Waals surface area contributed by atoms with E-state index in [2.05, 4.69) is 17.9 Å². The normalized spacial score (nSPS) is 18.8. The van der Waals surface area contributed by atoms with Gasteiger partial charge in [0.25, 0.3) is 0 Å². The molecule has 0 aliphatic carbocycles. The van der Waals surface area contributed by atoms with E-state index in [9.17, 15) is 9.90 Å². The number of phenols is 1. The summed E-state index contributed by atoms with van der Waals surface area (Å²) < 4.78 is 0. The molecule has 1 aliphatic rings. The second kappa shape index (κ2) is 7.28. The molecule has 1 N–H and O–H groups in total.